The van der Waals surface area contributed by atoms with Crippen LogP contribution in [-0.4, -0.2) is 34.5 Å². The molecule has 0 unspecified atom stereocenters. The zero-order valence-corrected chi connectivity index (χ0v) is 17.4. The number of fused-ring (bicyclic) bond motifs is 1. The smallest absolute Gasteiger partial charge is 0.339 e. The fourth-order valence-electron chi connectivity index (χ4n) is 4.22. The Morgan fingerprint density at radius 2 is 1.62 bits per heavy atom. The van der Waals surface area contributed by atoms with E-state index in [1.165, 1.54) is 0 Å². The number of esters is 1. The van der Waals surface area contributed by atoms with Crippen molar-refractivity contribution >= 4 is 16.7 Å². The van der Waals surface area contributed by atoms with Crippen molar-refractivity contribution in [2.24, 2.45) is 0 Å². The van der Waals surface area contributed by atoms with Crippen LogP contribution < -0.4 is 0 Å². The molecule has 2 heterocycles. The van der Waals surface area contributed by atoms with Crippen LogP contribution in [0, 0.1) is 0 Å². The maximum atomic E-state index is 13.0. The van der Waals surface area contributed by atoms with Gasteiger partial charge in [0, 0.05) is 43.1 Å². The van der Waals surface area contributed by atoms with E-state index in [1.807, 2.05) is 42.6 Å². The van der Waals surface area contributed by atoms with Crippen molar-refractivity contribution in [3.63, 3.8) is 0 Å². The molecule has 0 saturated carbocycles. The molecule has 150 valence electrons. The first kappa shape index (κ1) is 19.6. The van der Waals surface area contributed by atoms with E-state index >= 15 is 0 Å². The molecule has 29 heavy (non-hydrogen) atoms. The highest BCUT2D eigenvalue weighted by atomic mass is 16.6. The number of ether oxygens (including phenoxy) is 1. The molecule has 0 radical (unpaired) electrons. The van der Waals surface area contributed by atoms with Gasteiger partial charge in [-0.1, -0.05) is 42.5 Å². The SMILES string of the molecule is CC(C)(C)N1CCC(OC(=O)c2ccccc2)(c2nccc3ccccc23)CC1. The van der Waals surface area contributed by atoms with Crippen LogP contribution in [-0.2, 0) is 10.3 Å². The molecule has 4 rings (SSSR count). The minimum Gasteiger partial charge on any atom is -0.449 e. The van der Waals surface area contributed by atoms with Gasteiger partial charge < -0.3 is 4.74 Å². The fraction of sp³-hybridized carbons (Fsp3) is 0.360. The molecule has 0 spiro atoms. The molecular weight excluding hydrogens is 360 g/mol. The van der Waals surface area contributed by atoms with Crippen molar-refractivity contribution in [3.05, 3.63) is 78.1 Å². The zero-order valence-electron chi connectivity index (χ0n) is 17.4. The summed E-state index contributed by atoms with van der Waals surface area (Å²) >= 11 is 0. The van der Waals surface area contributed by atoms with E-state index in [0.29, 0.717) is 5.56 Å². The summed E-state index contributed by atoms with van der Waals surface area (Å²) in [5.74, 6) is -0.287. The summed E-state index contributed by atoms with van der Waals surface area (Å²) in [4.78, 5) is 20.2. The number of carbonyl (C=O) groups is 1. The highest BCUT2D eigenvalue weighted by molar-refractivity contribution is 5.90. The van der Waals surface area contributed by atoms with Gasteiger partial charge >= 0.3 is 5.97 Å². The topological polar surface area (TPSA) is 42.4 Å². The number of rotatable bonds is 3. The Hall–Kier alpha value is -2.72. The third kappa shape index (κ3) is 3.90. The summed E-state index contributed by atoms with van der Waals surface area (Å²) in [5, 5.41) is 2.17. The molecule has 3 aromatic rings. The lowest BCUT2D eigenvalue weighted by Crippen LogP contribution is -2.52. The van der Waals surface area contributed by atoms with E-state index in [1.54, 1.807) is 12.1 Å². The van der Waals surface area contributed by atoms with Gasteiger partial charge in [0.05, 0.1) is 11.3 Å². The molecule has 1 saturated heterocycles. The van der Waals surface area contributed by atoms with Gasteiger partial charge in [-0.3, -0.25) is 9.88 Å². The van der Waals surface area contributed by atoms with Gasteiger partial charge in [0.2, 0.25) is 0 Å². The maximum Gasteiger partial charge on any atom is 0.339 e. The van der Waals surface area contributed by atoms with Crippen molar-refractivity contribution in [2.75, 3.05) is 13.1 Å². The number of piperidine rings is 1. The van der Waals surface area contributed by atoms with Gasteiger partial charge in [-0.15, -0.1) is 0 Å². The van der Waals surface area contributed by atoms with Crippen molar-refractivity contribution in [1.29, 1.82) is 0 Å². The lowest BCUT2D eigenvalue weighted by atomic mass is 9.83. The van der Waals surface area contributed by atoms with E-state index in [0.717, 1.165) is 42.4 Å². The highest BCUT2D eigenvalue weighted by Crippen LogP contribution is 2.41. The molecule has 4 nitrogen and oxygen atoms in total. The quantitative estimate of drug-likeness (QED) is 0.580. The van der Waals surface area contributed by atoms with Crippen LogP contribution in [0.3, 0.4) is 0 Å². The third-order valence-electron chi connectivity index (χ3n) is 5.92. The van der Waals surface area contributed by atoms with Crippen LogP contribution in [0.1, 0.15) is 49.7 Å². The van der Waals surface area contributed by atoms with Crippen LogP contribution in [0.15, 0.2) is 66.9 Å². The van der Waals surface area contributed by atoms with Gasteiger partial charge in [-0.05, 0) is 44.4 Å². The molecule has 0 amide bonds. The predicted octanol–water partition coefficient (Wildman–Crippen LogP) is 5.18. The molecule has 0 N–H and O–H groups in total. The summed E-state index contributed by atoms with van der Waals surface area (Å²) < 4.78 is 6.29. The normalized spacial score (nSPS) is 17.2. The van der Waals surface area contributed by atoms with Gasteiger partial charge in [-0.2, -0.15) is 0 Å². The zero-order chi connectivity index (χ0) is 20.5. The Labute approximate surface area is 172 Å². The molecule has 1 fully saturated rings. The lowest BCUT2D eigenvalue weighted by Gasteiger charge is -2.46. The molecule has 1 aliphatic rings. The Morgan fingerprint density at radius 1 is 0.966 bits per heavy atom. The maximum absolute atomic E-state index is 13.0. The summed E-state index contributed by atoms with van der Waals surface area (Å²) in [7, 11) is 0. The van der Waals surface area contributed by atoms with Crippen molar-refractivity contribution in [3.8, 4) is 0 Å². The third-order valence-corrected chi connectivity index (χ3v) is 5.92. The minimum atomic E-state index is -0.727. The molecule has 1 aromatic heterocycles. The van der Waals surface area contributed by atoms with Gasteiger partial charge in [0.15, 0.2) is 5.60 Å². The number of aromatic nitrogens is 1. The van der Waals surface area contributed by atoms with E-state index in [4.69, 9.17) is 9.72 Å². The highest BCUT2D eigenvalue weighted by Gasteiger charge is 2.44. The second kappa shape index (κ2) is 7.60. The molecule has 4 heteroatoms. The molecule has 1 aliphatic heterocycles. The summed E-state index contributed by atoms with van der Waals surface area (Å²) in [5.41, 5.74) is 0.802. The number of likely N-dealkylation sites (tertiary alicyclic amines) is 1. The number of benzene rings is 2. The van der Waals surface area contributed by atoms with Crippen molar-refractivity contribution < 1.29 is 9.53 Å². The first-order valence-corrected chi connectivity index (χ1v) is 10.3. The Morgan fingerprint density at radius 3 is 2.31 bits per heavy atom. The van der Waals surface area contributed by atoms with E-state index in [2.05, 4.69) is 37.8 Å². The number of hydrogen-bond donors (Lipinski definition) is 0. The number of carbonyl (C=O) groups excluding carboxylic acids is 1. The first-order chi connectivity index (χ1) is 13.9. The molecule has 0 atom stereocenters. The number of nitrogens with zero attached hydrogens (tertiary/aromatic N) is 2. The average molecular weight is 389 g/mol. The Kier molecular flexibility index (Phi) is 5.13. The predicted molar refractivity (Wildman–Crippen MR) is 116 cm³/mol. The fourth-order valence-corrected chi connectivity index (χ4v) is 4.22. The van der Waals surface area contributed by atoms with Crippen molar-refractivity contribution in [1.82, 2.24) is 9.88 Å². The largest absolute Gasteiger partial charge is 0.449 e. The summed E-state index contributed by atoms with van der Waals surface area (Å²) in [6.45, 7) is 8.40. The first-order valence-electron chi connectivity index (χ1n) is 10.3. The standard InChI is InChI=1S/C25H28N2O2/c1-24(2,3)27-17-14-25(15-18-27,29-23(28)20-10-5-4-6-11-20)22-21-12-8-7-9-19(21)13-16-26-22/h4-13,16H,14-15,17-18H2,1-3H3. The van der Waals surface area contributed by atoms with Crippen LogP contribution in [0.5, 0.6) is 0 Å². The van der Waals surface area contributed by atoms with Crippen LogP contribution in [0.25, 0.3) is 10.8 Å². The average Bonchev–Trinajstić information content (AvgIpc) is 2.73. The van der Waals surface area contributed by atoms with E-state index in [9.17, 15) is 4.79 Å². The van der Waals surface area contributed by atoms with E-state index < -0.39 is 5.60 Å². The minimum absolute atomic E-state index is 0.0851. The summed E-state index contributed by atoms with van der Waals surface area (Å²) in [6.07, 6.45) is 3.28. The van der Waals surface area contributed by atoms with Gasteiger partial charge in [-0.25, -0.2) is 4.79 Å². The molecule has 0 aliphatic carbocycles. The van der Waals surface area contributed by atoms with Crippen LogP contribution in [0.4, 0.5) is 0 Å². The monoisotopic (exact) mass is 388 g/mol. The van der Waals surface area contributed by atoms with Crippen LogP contribution >= 0.6 is 0 Å². The second-order valence-corrected chi connectivity index (χ2v) is 8.79. The number of pyridine rings is 1. The van der Waals surface area contributed by atoms with Crippen LogP contribution in [0.2, 0.25) is 0 Å². The molecular formula is C25H28N2O2. The Bertz CT molecular complexity index is 995. The van der Waals surface area contributed by atoms with Gasteiger partial charge in [0.25, 0.3) is 0 Å². The summed E-state index contributed by atoms with van der Waals surface area (Å²) in [6, 6.07) is 19.4. The molecule has 0 bridgehead atoms. The van der Waals surface area contributed by atoms with Gasteiger partial charge in [0.1, 0.15) is 0 Å². The van der Waals surface area contributed by atoms with Crippen molar-refractivity contribution in [2.45, 2.75) is 44.8 Å². The molecule has 2 aromatic carbocycles. The van der Waals surface area contributed by atoms with E-state index in [-0.39, 0.29) is 11.5 Å². The lowest BCUT2D eigenvalue weighted by molar-refractivity contribution is -0.0689. The Balaban J connectivity index is 1.75. The number of hydrogen-bond acceptors (Lipinski definition) is 4. The second-order valence-electron chi connectivity index (χ2n) is 8.79.